The molecule has 0 aliphatic heterocycles. The summed E-state index contributed by atoms with van der Waals surface area (Å²) < 4.78 is 6.00. The number of nitrogens with one attached hydrogen (secondary N) is 1. The maximum Gasteiger partial charge on any atom is 0.269 e. The number of carbonyl (C=O) groups is 1. The lowest BCUT2D eigenvalue weighted by atomic mass is 10.1. The third-order valence-corrected chi connectivity index (χ3v) is 4.02. The van der Waals surface area contributed by atoms with Crippen LogP contribution in [0.2, 0.25) is 0 Å². The molecule has 0 unspecified atom stereocenters. The van der Waals surface area contributed by atoms with E-state index in [1.165, 1.54) is 31.4 Å². The molecule has 2 aromatic carbocycles. The largest absolute Gasteiger partial charge is 0.496 e. The van der Waals surface area contributed by atoms with Gasteiger partial charge in [-0.15, -0.1) is 0 Å². The number of amides is 1. The fourth-order valence-corrected chi connectivity index (χ4v) is 2.59. The van der Waals surface area contributed by atoms with Gasteiger partial charge in [0.15, 0.2) is 0 Å². The molecule has 7 nitrogen and oxygen atoms in total. The highest BCUT2D eigenvalue weighted by Crippen LogP contribution is 2.26. The lowest BCUT2D eigenvalue weighted by Crippen LogP contribution is -2.14. The first-order chi connectivity index (χ1) is 12.3. The number of anilines is 1. The summed E-state index contributed by atoms with van der Waals surface area (Å²) in [6, 6.07) is 11.1. The number of hydrogen-bond donors (Lipinski definition) is 1. The molecule has 0 fully saturated rings. The van der Waals surface area contributed by atoms with E-state index in [1.807, 2.05) is 6.07 Å². The van der Waals surface area contributed by atoms with Gasteiger partial charge in [-0.1, -0.05) is 15.9 Å². The van der Waals surface area contributed by atoms with Crippen molar-refractivity contribution in [2.45, 2.75) is 6.92 Å². The Balaban J connectivity index is 2.32. The minimum Gasteiger partial charge on any atom is -0.496 e. The number of rotatable bonds is 5. The minimum absolute atomic E-state index is 0.0737. The zero-order valence-corrected chi connectivity index (χ0v) is 15.5. The summed E-state index contributed by atoms with van der Waals surface area (Å²) in [6.07, 6.45) is 1.42. The standard InChI is InChI=1S/C18H14BrN3O4/c1-11-7-15(22(24)25)4-5-16(11)21-18(23)13(10-20)8-12-9-14(19)3-6-17(12)26-2/h3-9H,1-2H3,(H,21,23). The molecule has 2 rings (SSSR count). The lowest BCUT2D eigenvalue weighted by molar-refractivity contribution is -0.384. The topological polar surface area (TPSA) is 105 Å². The molecule has 0 heterocycles. The maximum absolute atomic E-state index is 12.4. The molecule has 1 N–H and O–H groups in total. The van der Waals surface area contributed by atoms with Crippen molar-refractivity contribution in [2.75, 3.05) is 12.4 Å². The third-order valence-electron chi connectivity index (χ3n) is 3.53. The zero-order valence-electron chi connectivity index (χ0n) is 13.9. The zero-order chi connectivity index (χ0) is 19.3. The summed E-state index contributed by atoms with van der Waals surface area (Å²) in [5.74, 6) is -0.105. The molecule has 0 radical (unpaired) electrons. The van der Waals surface area contributed by atoms with Crippen molar-refractivity contribution < 1.29 is 14.5 Å². The summed E-state index contributed by atoms with van der Waals surface area (Å²) in [6.45, 7) is 1.63. The van der Waals surface area contributed by atoms with Crippen molar-refractivity contribution in [3.63, 3.8) is 0 Å². The number of ether oxygens (including phenoxy) is 1. The molecule has 0 atom stereocenters. The van der Waals surface area contributed by atoms with Crippen molar-refractivity contribution >= 4 is 39.3 Å². The summed E-state index contributed by atoms with van der Waals surface area (Å²) in [5.41, 5.74) is 1.27. The Morgan fingerprint density at radius 3 is 2.65 bits per heavy atom. The van der Waals surface area contributed by atoms with Crippen molar-refractivity contribution in [3.8, 4) is 11.8 Å². The van der Waals surface area contributed by atoms with Gasteiger partial charge in [0, 0.05) is 27.9 Å². The summed E-state index contributed by atoms with van der Waals surface area (Å²) >= 11 is 3.33. The second-order valence-corrected chi connectivity index (χ2v) is 6.18. The number of aryl methyl sites for hydroxylation is 1. The SMILES string of the molecule is COc1ccc(Br)cc1C=C(C#N)C(=O)Nc1ccc([N+](=O)[O-])cc1C. The number of nitrogens with zero attached hydrogens (tertiary/aromatic N) is 2. The van der Waals surface area contributed by atoms with Gasteiger partial charge in [0.2, 0.25) is 0 Å². The van der Waals surface area contributed by atoms with Crippen molar-refractivity contribution in [3.05, 3.63) is 67.7 Å². The number of halogens is 1. The van der Waals surface area contributed by atoms with E-state index in [2.05, 4.69) is 21.2 Å². The quantitative estimate of drug-likeness (QED) is 0.340. The van der Waals surface area contributed by atoms with Crippen LogP contribution in [-0.2, 0) is 4.79 Å². The van der Waals surface area contributed by atoms with Crippen LogP contribution >= 0.6 is 15.9 Å². The minimum atomic E-state index is -0.619. The second kappa shape index (κ2) is 8.27. The van der Waals surface area contributed by atoms with Gasteiger partial charge >= 0.3 is 0 Å². The van der Waals surface area contributed by atoms with Crippen LogP contribution in [0.4, 0.5) is 11.4 Å². The number of nitro benzene ring substituents is 1. The van der Waals surface area contributed by atoms with E-state index in [-0.39, 0.29) is 11.3 Å². The van der Waals surface area contributed by atoms with Gasteiger partial charge in [-0.05, 0) is 42.8 Å². The molecule has 0 spiro atoms. The van der Waals surface area contributed by atoms with Gasteiger partial charge in [0.25, 0.3) is 11.6 Å². The van der Waals surface area contributed by atoms with E-state index in [9.17, 15) is 20.2 Å². The fourth-order valence-electron chi connectivity index (χ4n) is 2.21. The number of nitriles is 1. The predicted molar refractivity (Wildman–Crippen MR) is 101 cm³/mol. The molecule has 0 saturated carbocycles. The molecule has 8 heteroatoms. The van der Waals surface area contributed by atoms with Crippen LogP contribution in [0.1, 0.15) is 11.1 Å². The van der Waals surface area contributed by atoms with Gasteiger partial charge in [-0.2, -0.15) is 5.26 Å². The fraction of sp³-hybridized carbons (Fsp3) is 0.111. The number of nitro groups is 1. The van der Waals surface area contributed by atoms with Gasteiger partial charge in [-0.25, -0.2) is 0 Å². The predicted octanol–water partition coefficient (Wildman–Crippen LogP) is 4.22. The van der Waals surface area contributed by atoms with Crippen LogP contribution in [0.3, 0.4) is 0 Å². The molecule has 0 aromatic heterocycles. The first-order valence-electron chi connectivity index (χ1n) is 7.37. The van der Waals surface area contributed by atoms with E-state index >= 15 is 0 Å². The Morgan fingerprint density at radius 2 is 2.08 bits per heavy atom. The number of hydrogen-bond acceptors (Lipinski definition) is 5. The van der Waals surface area contributed by atoms with Gasteiger partial charge in [0.05, 0.1) is 12.0 Å². The van der Waals surface area contributed by atoms with E-state index in [1.54, 1.807) is 25.1 Å². The number of benzene rings is 2. The summed E-state index contributed by atoms with van der Waals surface area (Å²) in [4.78, 5) is 22.7. The van der Waals surface area contributed by atoms with E-state index in [4.69, 9.17) is 4.74 Å². The summed E-state index contributed by atoms with van der Waals surface area (Å²) in [7, 11) is 1.49. The van der Waals surface area contributed by atoms with Crippen molar-refractivity contribution in [2.24, 2.45) is 0 Å². The molecular formula is C18H14BrN3O4. The highest BCUT2D eigenvalue weighted by molar-refractivity contribution is 9.10. The molecule has 1 amide bonds. The number of methoxy groups -OCH3 is 1. The molecule has 0 aliphatic carbocycles. The molecule has 0 bridgehead atoms. The Kier molecular flexibility index (Phi) is 6.09. The molecular weight excluding hydrogens is 402 g/mol. The lowest BCUT2D eigenvalue weighted by Gasteiger charge is -2.09. The van der Waals surface area contributed by atoms with Crippen molar-refractivity contribution in [1.82, 2.24) is 0 Å². The third kappa shape index (κ3) is 4.46. The molecule has 2 aromatic rings. The van der Waals surface area contributed by atoms with Crippen LogP contribution in [0.5, 0.6) is 5.75 Å². The first-order valence-corrected chi connectivity index (χ1v) is 8.16. The highest BCUT2D eigenvalue weighted by atomic mass is 79.9. The molecule has 132 valence electrons. The monoisotopic (exact) mass is 415 g/mol. The Labute approximate surface area is 158 Å². The van der Waals surface area contributed by atoms with Crippen molar-refractivity contribution in [1.29, 1.82) is 5.26 Å². The Hall–Kier alpha value is -3.18. The van der Waals surface area contributed by atoms with Gasteiger partial charge in [0.1, 0.15) is 17.4 Å². The number of non-ortho nitro benzene ring substituents is 1. The second-order valence-electron chi connectivity index (χ2n) is 5.27. The van der Waals surface area contributed by atoms with Crippen LogP contribution in [0.25, 0.3) is 6.08 Å². The smallest absolute Gasteiger partial charge is 0.269 e. The Morgan fingerprint density at radius 1 is 1.35 bits per heavy atom. The van der Waals surface area contributed by atoms with E-state index in [0.717, 1.165) is 4.47 Å². The normalized spacial score (nSPS) is 10.8. The van der Waals surface area contributed by atoms with Crippen LogP contribution in [0, 0.1) is 28.4 Å². The van der Waals surface area contributed by atoms with Gasteiger partial charge in [-0.3, -0.25) is 14.9 Å². The van der Waals surface area contributed by atoms with E-state index < -0.39 is 10.8 Å². The van der Waals surface area contributed by atoms with Crippen LogP contribution < -0.4 is 10.1 Å². The average molecular weight is 416 g/mol. The van der Waals surface area contributed by atoms with Crippen LogP contribution in [-0.4, -0.2) is 17.9 Å². The average Bonchev–Trinajstić information content (AvgIpc) is 2.61. The number of carbonyl (C=O) groups excluding carboxylic acids is 1. The van der Waals surface area contributed by atoms with E-state index in [0.29, 0.717) is 22.6 Å². The summed E-state index contributed by atoms with van der Waals surface area (Å²) in [5, 5.41) is 22.7. The molecule has 0 saturated heterocycles. The Bertz CT molecular complexity index is 948. The molecule has 0 aliphatic rings. The highest BCUT2D eigenvalue weighted by Gasteiger charge is 2.14. The molecule has 26 heavy (non-hydrogen) atoms. The van der Waals surface area contributed by atoms with Crippen LogP contribution in [0.15, 0.2) is 46.4 Å². The van der Waals surface area contributed by atoms with Gasteiger partial charge < -0.3 is 10.1 Å². The first kappa shape index (κ1) is 19.1. The maximum atomic E-state index is 12.4.